The van der Waals surface area contributed by atoms with Gasteiger partial charge in [-0.15, -0.1) is 22.7 Å². The van der Waals surface area contributed by atoms with E-state index in [4.69, 9.17) is 4.42 Å². The van der Waals surface area contributed by atoms with Crippen molar-refractivity contribution in [3.05, 3.63) is 30.0 Å². The average molecular weight is 263 g/mol. The van der Waals surface area contributed by atoms with Crippen molar-refractivity contribution >= 4 is 27.8 Å². The number of aromatic nitrogens is 2. The summed E-state index contributed by atoms with van der Waals surface area (Å²) in [6.45, 7) is 0. The van der Waals surface area contributed by atoms with E-state index in [0.717, 1.165) is 26.5 Å². The van der Waals surface area contributed by atoms with Crippen molar-refractivity contribution in [3.63, 3.8) is 0 Å². The van der Waals surface area contributed by atoms with Crippen molar-refractivity contribution in [2.24, 2.45) is 0 Å². The van der Waals surface area contributed by atoms with Crippen LogP contribution < -0.4 is 5.32 Å². The predicted molar refractivity (Wildman–Crippen MR) is 70.5 cm³/mol. The molecule has 6 heteroatoms. The minimum Gasteiger partial charge on any atom is -0.462 e. The normalized spacial score (nSPS) is 10.6. The molecule has 0 radical (unpaired) electrons. The topological polar surface area (TPSA) is 51.0 Å². The van der Waals surface area contributed by atoms with Crippen molar-refractivity contribution in [1.29, 1.82) is 0 Å². The zero-order chi connectivity index (χ0) is 11.7. The summed E-state index contributed by atoms with van der Waals surface area (Å²) >= 11 is 3.16. The van der Waals surface area contributed by atoms with Crippen LogP contribution in [-0.4, -0.2) is 17.0 Å². The summed E-state index contributed by atoms with van der Waals surface area (Å²) in [5.74, 6) is 0.797. The van der Waals surface area contributed by atoms with Gasteiger partial charge in [0.1, 0.15) is 0 Å². The molecular formula is C11H9N3OS2. The van der Waals surface area contributed by atoms with Crippen molar-refractivity contribution in [2.45, 2.75) is 0 Å². The largest absolute Gasteiger partial charge is 0.462 e. The predicted octanol–water partition coefficient (Wildman–Crippen LogP) is 3.57. The van der Waals surface area contributed by atoms with Gasteiger partial charge in [0.25, 0.3) is 0 Å². The van der Waals surface area contributed by atoms with Crippen LogP contribution in [0.3, 0.4) is 0 Å². The molecule has 17 heavy (non-hydrogen) atoms. The van der Waals surface area contributed by atoms with E-state index in [1.807, 2.05) is 30.8 Å². The lowest BCUT2D eigenvalue weighted by molar-refractivity contribution is 0.582. The minimum absolute atomic E-state index is 0.797. The molecule has 0 aliphatic heterocycles. The maximum atomic E-state index is 5.31. The van der Waals surface area contributed by atoms with Gasteiger partial charge in [0.15, 0.2) is 15.9 Å². The molecule has 0 aliphatic carbocycles. The molecule has 86 valence electrons. The summed E-state index contributed by atoms with van der Waals surface area (Å²) in [6, 6.07) is 3.76. The third-order valence-electron chi connectivity index (χ3n) is 2.21. The third-order valence-corrected chi connectivity index (χ3v) is 4.10. The number of hydrogen-bond acceptors (Lipinski definition) is 6. The second-order valence-electron chi connectivity index (χ2n) is 3.29. The molecule has 3 aromatic heterocycles. The quantitative estimate of drug-likeness (QED) is 0.785. The first-order chi connectivity index (χ1) is 8.36. The van der Waals surface area contributed by atoms with Gasteiger partial charge in [-0.3, -0.25) is 0 Å². The Labute approximate surface area is 106 Å². The van der Waals surface area contributed by atoms with Crippen LogP contribution in [-0.2, 0) is 0 Å². The van der Waals surface area contributed by atoms with Crippen LogP contribution >= 0.6 is 22.7 Å². The molecule has 0 atom stereocenters. The summed E-state index contributed by atoms with van der Waals surface area (Å²) in [5.41, 5.74) is 0.953. The third kappa shape index (κ3) is 1.96. The number of nitrogens with one attached hydrogen (secondary N) is 1. The van der Waals surface area contributed by atoms with E-state index in [1.165, 1.54) is 0 Å². The van der Waals surface area contributed by atoms with Crippen LogP contribution in [0, 0.1) is 0 Å². The fraction of sp³-hybridized carbons (Fsp3) is 0.0909. The molecule has 0 aliphatic rings. The molecule has 0 saturated heterocycles. The van der Waals surface area contributed by atoms with Crippen molar-refractivity contribution in [3.8, 4) is 21.3 Å². The number of thiazole rings is 2. The fourth-order valence-corrected chi connectivity index (χ4v) is 3.00. The molecular weight excluding hydrogens is 254 g/mol. The number of hydrogen-bond donors (Lipinski definition) is 1. The highest BCUT2D eigenvalue weighted by Gasteiger charge is 2.10. The highest BCUT2D eigenvalue weighted by molar-refractivity contribution is 7.19. The molecule has 3 aromatic rings. The van der Waals surface area contributed by atoms with Gasteiger partial charge in [-0.05, 0) is 12.1 Å². The summed E-state index contributed by atoms with van der Waals surface area (Å²) in [6.07, 6.45) is 3.48. The molecule has 0 fully saturated rings. The van der Waals surface area contributed by atoms with Crippen molar-refractivity contribution in [1.82, 2.24) is 9.97 Å². The van der Waals surface area contributed by atoms with Gasteiger partial charge in [-0.25, -0.2) is 9.97 Å². The first-order valence-corrected chi connectivity index (χ1v) is 6.70. The number of rotatable bonds is 3. The van der Waals surface area contributed by atoms with Gasteiger partial charge in [0.2, 0.25) is 0 Å². The van der Waals surface area contributed by atoms with Gasteiger partial charge < -0.3 is 9.73 Å². The van der Waals surface area contributed by atoms with Crippen LogP contribution in [0.2, 0.25) is 0 Å². The standard InChI is InChI=1S/C11H9N3OS2/c1-12-11-14-7(6-16-11)9-5-13-10(17-9)8-3-2-4-15-8/h2-6H,1H3,(H,12,14). The molecule has 0 unspecified atom stereocenters. The lowest BCUT2D eigenvalue weighted by atomic mass is 10.4. The van der Waals surface area contributed by atoms with Gasteiger partial charge in [-0.1, -0.05) is 0 Å². The Kier molecular flexibility index (Phi) is 2.66. The lowest BCUT2D eigenvalue weighted by Gasteiger charge is -1.89. The fourth-order valence-electron chi connectivity index (χ4n) is 1.41. The smallest absolute Gasteiger partial charge is 0.182 e. The van der Waals surface area contributed by atoms with E-state index in [-0.39, 0.29) is 0 Å². The van der Waals surface area contributed by atoms with Crippen LogP contribution in [0.1, 0.15) is 0 Å². The molecule has 0 aromatic carbocycles. The first-order valence-electron chi connectivity index (χ1n) is 5.00. The average Bonchev–Trinajstić information content (AvgIpc) is 3.09. The Morgan fingerprint density at radius 1 is 1.41 bits per heavy atom. The van der Waals surface area contributed by atoms with Gasteiger partial charge >= 0.3 is 0 Å². The van der Waals surface area contributed by atoms with E-state index in [1.54, 1.807) is 28.9 Å². The summed E-state index contributed by atoms with van der Waals surface area (Å²) < 4.78 is 5.31. The molecule has 3 rings (SSSR count). The van der Waals surface area contributed by atoms with E-state index in [2.05, 4.69) is 15.3 Å². The van der Waals surface area contributed by atoms with Crippen LogP contribution in [0.25, 0.3) is 21.3 Å². The second kappa shape index (κ2) is 4.31. The number of anilines is 1. The van der Waals surface area contributed by atoms with Gasteiger partial charge in [0.05, 0.1) is 16.8 Å². The molecule has 3 heterocycles. The number of nitrogens with zero attached hydrogens (tertiary/aromatic N) is 2. The Morgan fingerprint density at radius 3 is 3.06 bits per heavy atom. The lowest BCUT2D eigenvalue weighted by Crippen LogP contribution is -1.84. The minimum atomic E-state index is 0.797. The van der Waals surface area contributed by atoms with Crippen LogP contribution in [0.5, 0.6) is 0 Å². The SMILES string of the molecule is CNc1nc(-c2cnc(-c3ccco3)s2)cs1. The Hall–Kier alpha value is -1.66. The van der Waals surface area contributed by atoms with Gasteiger partial charge in [0, 0.05) is 18.6 Å². The molecule has 0 bridgehead atoms. The maximum absolute atomic E-state index is 5.31. The highest BCUT2D eigenvalue weighted by Crippen LogP contribution is 2.33. The Morgan fingerprint density at radius 2 is 2.35 bits per heavy atom. The highest BCUT2D eigenvalue weighted by atomic mass is 32.1. The van der Waals surface area contributed by atoms with Gasteiger partial charge in [-0.2, -0.15) is 0 Å². The summed E-state index contributed by atoms with van der Waals surface area (Å²) in [5, 5.41) is 6.83. The van der Waals surface area contributed by atoms with E-state index in [9.17, 15) is 0 Å². The number of furan rings is 1. The summed E-state index contributed by atoms with van der Waals surface area (Å²) in [7, 11) is 1.86. The Balaban J connectivity index is 1.94. The molecule has 0 saturated carbocycles. The second-order valence-corrected chi connectivity index (χ2v) is 5.18. The van der Waals surface area contributed by atoms with E-state index >= 15 is 0 Å². The maximum Gasteiger partial charge on any atom is 0.182 e. The molecule has 0 spiro atoms. The zero-order valence-electron chi connectivity index (χ0n) is 9.01. The van der Waals surface area contributed by atoms with Crippen LogP contribution in [0.4, 0.5) is 5.13 Å². The summed E-state index contributed by atoms with van der Waals surface area (Å²) in [4.78, 5) is 9.83. The zero-order valence-corrected chi connectivity index (χ0v) is 10.6. The van der Waals surface area contributed by atoms with Crippen molar-refractivity contribution in [2.75, 3.05) is 12.4 Å². The van der Waals surface area contributed by atoms with Crippen molar-refractivity contribution < 1.29 is 4.42 Å². The van der Waals surface area contributed by atoms with E-state index < -0.39 is 0 Å². The van der Waals surface area contributed by atoms with Crippen LogP contribution in [0.15, 0.2) is 34.4 Å². The molecule has 4 nitrogen and oxygen atoms in total. The Bertz CT molecular complexity index is 612. The molecule has 1 N–H and O–H groups in total. The monoisotopic (exact) mass is 263 g/mol. The van der Waals surface area contributed by atoms with E-state index in [0.29, 0.717) is 0 Å². The first kappa shape index (κ1) is 10.5. The molecule has 0 amide bonds.